The van der Waals surface area contributed by atoms with Crippen LogP contribution in [0, 0.1) is 0 Å². The van der Waals surface area contributed by atoms with Crippen molar-refractivity contribution in [3.63, 3.8) is 0 Å². The lowest BCUT2D eigenvalue weighted by Crippen LogP contribution is -2.30. The molecule has 6 heteroatoms. The number of unbranched alkanes of at least 4 members (excludes halogenated alkanes) is 45. The molecule has 0 amide bonds. The first-order valence-corrected chi connectivity index (χ1v) is 32.3. The predicted molar refractivity (Wildman–Crippen MR) is 312 cm³/mol. The van der Waals surface area contributed by atoms with E-state index in [9.17, 15) is 14.4 Å². The Hall–Kier alpha value is -2.11. The Kier molecular flexibility index (Phi) is 59.6. The van der Waals surface area contributed by atoms with E-state index in [1.165, 1.54) is 257 Å². The molecule has 0 aromatic rings. The first-order valence-electron chi connectivity index (χ1n) is 32.3. The van der Waals surface area contributed by atoms with Gasteiger partial charge in [0.2, 0.25) is 0 Å². The number of carbonyl (C=O) groups is 3. The Labute approximate surface area is 449 Å². The highest BCUT2D eigenvalue weighted by atomic mass is 16.6. The Morgan fingerprint density at radius 3 is 0.722 bits per heavy atom. The highest BCUT2D eigenvalue weighted by Gasteiger charge is 2.19. The second-order valence-corrected chi connectivity index (χ2v) is 22.0. The minimum Gasteiger partial charge on any atom is -0.462 e. The molecule has 0 saturated heterocycles. The van der Waals surface area contributed by atoms with Crippen molar-refractivity contribution in [1.82, 2.24) is 0 Å². The summed E-state index contributed by atoms with van der Waals surface area (Å²) in [5, 5.41) is 0. The van der Waals surface area contributed by atoms with E-state index >= 15 is 0 Å². The van der Waals surface area contributed by atoms with E-state index in [1.807, 2.05) is 0 Å². The van der Waals surface area contributed by atoms with Crippen LogP contribution in [0.5, 0.6) is 0 Å². The van der Waals surface area contributed by atoms with Crippen LogP contribution in [0.2, 0.25) is 0 Å². The van der Waals surface area contributed by atoms with Crippen LogP contribution >= 0.6 is 0 Å². The molecule has 72 heavy (non-hydrogen) atoms. The third-order valence-corrected chi connectivity index (χ3v) is 14.7. The summed E-state index contributed by atoms with van der Waals surface area (Å²) in [4.78, 5) is 38.2. The molecule has 0 N–H and O–H groups in total. The average Bonchev–Trinajstić information content (AvgIpc) is 3.38. The summed E-state index contributed by atoms with van der Waals surface area (Å²) in [6.45, 7) is 6.67. The first kappa shape index (κ1) is 69.9. The SMILES string of the molecule is CCCCC/C=C\CCCCCCCC(=O)OCC(COC(=O)CCCCCCCCCCCCCCCCC/C=C\CCCCCCCCCC)OC(=O)CCCCCCCCCCCCCCCCC. The van der Waals surface area contributed by atoms with Gasteiger partial charge in [-0.1, -0.05) is 295 Å². The molecule has 0 aliphatic carbocycles. The molecule has 0 spiro atoms. The molecular formula is C66H124O6. The van der Waals surface area contributed by atoms with Crippen molar-refractivity contribution in [2.24, 2.45) is 0 Å². The van der Waals surface area contributed by atoms with Gasteiger partial charge in [0.05, 0.1) is 0 Å². The van der Waals surface area contributed by atoms with Crippen molar-refractivity contribution in [3.8, 4) is 0 Å². The minimum absolute atomic E-state index is 0.0684. The van der Waals surface area contributed by atoms with Crippen LogP contribution in [0.1, 0.15) is 361 Å². The third kappa shape index (κ3) is 58.8. The number of carbonyl (C=O) groups excluding carboxylic acids is 3. The van der Waals surface area contributed by atoms with Gasteiger partial charge in [0.15, 0.2) is 6.10 Å². The van der Waals surface area contributed by atoms with Crippen molar-refractivity contribution >= 4 is 17.9 Å². The number of allylic oxidation sites excluding steroid dienone is 4. The van der Waals surface area contributed by atoms with Crippen LogP contribution in [0.3, 0.4) is 0 Å². The minimum atomic E-state index is -0.770. The van der Waals surface area contributed by atoms with E-state index < -0.39 is 6.10 Å². The summed E-state index contributed by atoms with van der Waals surface area (Å²) in [6.07, 6.45) is 73.4. The molecule has 0 aromatic heterocycles. The maximum Gasteiger partial charge on any atom is 0.306 e. The van der Waals surface area contributed by atoms with Crippen LogP contribution in [-0.2, 0) is 28.6 Å². The molecule has 0 fully saturated rings. The van der Waals surface area contributed by atoms with Crippen molar-refractivity contribution in [2.75, 3.05) is 13.2 Å². The quantitative estimate of drug-likeness (QED) is 0.0261. The number of esters is 3. The predicted octanol–water partition coefficient (Wildman–Crippen LogP) is 21.8. The Morgan fingerprint density at radius 1 is 0.264 bits per heavy atom. The molecule has 424 valence electrons. The van der Waals surface area contributed by atoms with Gasteiger partial charge in [-0.3, -0.25) is 14.4 Å². The lowest BCUT2D eigenvalue weighted by molar-refractivity contribution is -0.167. The van der Waals surface area contributed by atoms with Gasteiger partial charge >= 0.3 is 17.9 Å². The molecule has 0 aliphatic heterocycles. The first-order chi connectivity index (χ1) is 35.5. The van der Waals surface area contributed by atoms with Gasteiger partial charge in [-0.15, -0.1) is 0 Å². The second-order valence-electron chi connectivity index (χ2n) is 22.0. The smallest absolute Gasteiger partial charge is 0.306 e. The topological polar surface area (TPSA) is 78.9 Å². The van der Waals surface area contributed by atoms with Gasteiger partial charge in [-0.05, 0) is 70.6 Å². The van der Waals surface area contributed by atoms with Crippen LogP contribution < -0.4 is 0 Å². The zero-order chi connectivity index (χ0) is 52.2. The number of ether oxygens (including phenoxy) is 3. The van der Waals surface area contributed by atoms with E-state index in [0.717, 1.165) is 64.2 Å². The van der Waals surface area contributed by atoms with Crippen LogP contribution in [0.4, 0.5) is 0 Å². The van der Waals surface area contributed by atoms with Gasteiger partial charge in [0.25, 0.3) is 0 Å². The molecule has 0 aromatic carbocycles. The maximum absolute atomic E-state index is 12.9. The molecule has 1 unspecified atom stereocenters. The zero-order valence-electron chi connectivity index (χ0n) is 48.7. The lowest BCUT2D eigenvalue weighted by atomic mass is 10.0. The van der Waals surface area contributed by atoms with Crippen molar-refractivity contribution in [1.29, 1.82) is 0 Å². The second kappa shape index (κ2) is 61.4. The van der Waals surface area contributed by atoms with Crippen molar-refractivity contribution < 1.29 is 28.6 Å². The molecule has 0 rings (SSSR count). The Bertz CT molecular complexity index is 1160. The van der Waals surface area contributed by atoms with Gasteiger partial charge in [0.1, 0.15) is 13.2 Å². The van der Waals surface area contributed by atoms with Crippen LogP contribution in [-0.4, -0.2) is 37.2 Å². The Balaban J connectivity index is 4.16. The summed E-state index contributed by atoms with van der Waals surface area (Å²) in [5.74, 6) is -0.853. The number of hydrogen-bond donors (Lipinski definition) is 0. The lowest BCUT2D eigenvalue weighted by Gasteiger charge is -2.18. The largest absolute Gasteiger partial charge is 0.462 e. The average molecular weight is 1010 g/mol. The number of rotatable bonds is 60. The Morgan fingerprint density at radius 2 is 0.458 bits per heavy atom. The van der Waals surface area contributed by atoms with Gasteiger partial charge in [-0.25, -0.2) is 0 Å². The maximum atomic E-state index is 12.9. The van der Waals surface area contributed by atoms with E-state index in [1.54, 1.807) is 0 Å². The van der Waals surface area contributed by atoms with E-state index in [0.29, 0.717) is 19.3 Å². The molecular weight excluding hydrogens is 889 g/mol. The molecule has 6 nitrogen and oxygen atoms in total. The molecule has 0 radical (unpaired) electrons. The number of hydrogen-bond acceptors (Lipinski definition) is 6. The third-order valence-electron chi connectivity index (χ3n) is 14.7. The van der Waals surface area contributed by atoms with Crippen LogP contribution in [0.15, 0.2) is 24.3 Å². The van der Waals surface area contributed by atoms with Crippen molar-refractivity contribution in [3.05, 3.63) is 24.3 Å². The fourth-order valence-electron chi connectivity index (χ4n) is 9.79. The molecule has 0 heterocycles. The zero-order valence-corrected chi connectivity index (χ0v) is 48.7. The highest BCUT2D eigenvalue weighted by Crippen LogP contribution is 2.18. The summed E-state index contributed by atoms with van der Waals surface area (Å²) >= 11 is 0. The molecule has 0 saturated carbocycles. The summed E-state index contributed by atoms with van der Waals surface area (Å²) in [7, 11) is 0. The van der Waals surface area contributed by atoms with E-state index in [-0.39, 0.29) is 31.1 Å². The summed E-state index contributed by atoms with van der Waals surface area (Å²) in [5.41, 5.74) is 0. The van der Waals surface area contributed by atoms with Crippen LogP contribution in [0.25, 0.3) is 0 Å². The van der Waals surface area contributed by atoms with E-state index in [4.69, 9.17) is 14.2 Å². The normalized spacial score (nSPS) is 12.1. The van der Waals surface area contributed by atoms with Gasteiger partial charge in [0, 0.05) is 19.3 Å². The fraction of sp³-hybridized carbons (Fsp3) is 0.894. The summed E-state index contributed by atoms with van der Waals surface area (Å²) < 4.78 is 16.9. The van der Waals surface area contributed by atoms with E-state index in [2.05, 4.69) is 45.1 Å². The van der Waals surface area contributed by atoms with Gasteiger partial charge in [-0.2, -0.15) is 0 Å². The molecule has 1 atom stereocenters. The van der Waals surface area contributed by atoms with Gasteiger partial charge < -0.3 is 14.2 Å². The summed E-state index contributed by atoms with van der Waals surface area (Å²) in [6, 6.07) is 0. The molecule has 0 aliphatic rings. The highest BCUT2D eigenvalue weighted by molar-refractivity contribution is 5.71. The standard InChI is InChI=1S/C66H124O6/c1-4-7-10-13-16-19-22-25-27-28-29-30-31-32-33-34-35-36-37-38-40-41-44-47-50-53-56-59-65(68)71-62-63(61-70-64(67)58-55-52-49-46-43-24-21-18-15-12-9-6-3)72-66(69)60-57-54-51-48-45-42-39-26-23-20-17-14-11-8-5-2/h18,21,28-29,63H,4-17,19-20,22-27,30-62H2,1-3H3/b21-18-,29-28-. The fourth-order valence-corrected chi connectivity index (χ4v) is 9.79. The van der Waals surface area contributed by atoms with Crippen molar-refractivity contribution in [2.45, 2.75) is 367 Å². The molecule has 0 bridgehead atoms. The monoisotopic (exact) mass is 1010 g/mol.